The molecule has 1 fully saturated rings. The van der Waals surface area contributed by atoms with Gasteiger partial charge >= 0.3 is 0 Å². The molecule has 0 bridgehead atoms. The summed E-state index contributed by atoms with van der Waals surface area (Å²) in [5, 5.41) is 5.34. The Kier molecular flexibility index (Phi) is 5.06. The first kappa shape index (κ1) is 18.1. The molecule has 1 aliphatic rings. The number of rotatable bonds is 6. The third kappa shape index (κ3) is 4.68. The van der Waals surface area contributed by atoms with E-state index in [1.807, 2.05) is 0 Å². The Hall–Kier alpha value is -2.71. The van der Waals surface area contributed by atoms with Crippen LogP contribution in [-0.2, 0) is 14.8 Å². The van der Waals surface area contributed by atoms with Crippen molar-refractivity contribution in [2.75, 3.05) is 10.6 Å². The molecule has 136 valence electrons. The van der Waals surface area contributed by atoms with Crippen molar-refractivity contribution in [3.63, 3.8) is 0 Å². The fourth-order valence-electron chi connectivity index (χ4n) is 2.34. The highest BCUT2D eigenvalue weighted by Gasteiger charge is 2.28. The molecular formula is C18H19N3O4S. The first-order valence-electron chi connectivity index (χ1n) is 8.15. The first-order valence-corrected chi connectivity index (χ1v) is 9.63. The van der Waals surface area contributed by atoms with E-state index in [0.717, 1.165) is 12.8 Å². The van der Waals surface area contributed by atoms with E-state index in [0.29, 0.717) is 11.4 Å². The molecule has 26 heavy (non-hydrogen) atoms. The van der Waals surface area contributed by atoms with Gasteiger partial charge in [-0.05, 0) is 55.3 Å². The largest absolute Gasteiger partial charge is 0.326 e. The summed E-state index contributed by atoms with van der Waals surface area (Å²) in [6.45, 7) is 1.41. The van der Waals surface area contributed by atoms with Gasteiger partial charge in [-0.3, -0.25) is 9.59 Å². The van der Waals surface area contributed by atoms with Crippen LogP contribution < -0.4 is 15.4 Å². The number of nitrogens with one attached hydrogen (secondary N) is 3. The van der Waals surface area contributed by atoms with Crippen molar-refractivity contribution in [2.45, 2.75) is 30.7 Å². The van der Waals surface area contributed by atoms with E-state index in [2.05, 4.69) is 15.4 Å². The molecule has 1 saturated carbocycles. The molecule has 2 aromatic carbocycles. The summed E-state index contributed by atoms with van der Waals surface area (Å²) in [5.74, 6) is -0.597. The lowest BCUT2D eigenvalue weighted by Gasteiger charge is -2.09. The van der Waals surface area contributed by atoms with Gasteiger partial charge in [-0.2, -0.15) is 0 Å². The number of hydrogen-bond donors (Lipinski definition) is 3. The van der Waals surface area contributed by atoms with Gasteiger partial charge in [0.15, 0.2) is 0 Å². The highest BCUT2D eigenvalue weighted by molar-refractivity contribution is 7.89. The molecule has 2 amide bonds. The van der Waals surface area contributed by atoms with Gasteiger partial charge in [-0.25, -0.2) is 13.1 Å². The van der Waals surface area contributed by atoms with E-state index in [9.17, 15) is 18.0 Å². The van der Waals surface area contributed by atoms with E-state index < -0.39 is 15.9 Å². The van der Waals surface area contributed by atoms with Gasteiger partial charge in [0.25, 0.3) is 5.91 Å². The second-order valence-corrected chi connectivity index (χ2v) is 7.85. The maximum atomic E-state index is 12.4. The first-order chi connectivity index (χ1) is 12.3. The van der Waals surface area contributed by atoms with Crippen LogP contribution in [0.5, 0.6) is 0 Å². The third-order valence-electron chi connectivity index (χ3n) is 3.77. The summed E-state index contributed by atoms with van der Waals surface area (Å²) < 4.78 is 27.1. The van der Waals surface area contributed by atoms with Crippen molar-refractivity contribution in [2.24, 2.45) is 0 Å². The van der Waals surface area contributed by atoms with Crippen molar-refractivity contribution in [1.82, 2.24) is 4.72 Å². The van der Waals surface area contributed by atoms with Crippen LogP contribution >= 0.6 is 0 Å². The zero-order valence-corrected chi connectivity index (χ0v) is 15.0. The van der Waals surface area contributed by atoms with Crippen LogP contribution in [0.25, 0.3) is 0 Å². The van der Waals surface area contributed by atoms with E-state index in [-0.39, 0.29) is 22.4 Å². The molecule has 2 aromatic rings. The van der Waals surface area contributed by atoms with Gasteiger partial charge in [0.05, 0.1) is 4.90 Å². The Labute approximate surface area is 151 Å². The number of carbonyl (C=O) groups is 2. The molecule has 0 atom stereocenters. The number of anilines is 2. The predicted octanol–water partition coefficient (Wildman–Crippen LogP) is 2.34. The molecular weight excluding hydrogens is 354 g/mol. The zero-order valence-electron chi connectivity index (χ0n) is 14.2. The molecule has 3 rings (SSSR count). The molecule has 1 aliphatic carbocycles. The van der Waals surface area contributed by atoms with E-state index in [1.165, 1.54) is 25.1 Å². The number of sulfonamides is 1. The SMILES string of the molecule is CC(=O)Nc1ccc(NC(=O)c2cccc(S(=O)(=O)NC3CC3)c2)cc1. The molecule has 0 aromatic heterocycles. The second kappa shape index (κ2) is 7.27. The Balaban J connectivity index is 1.71. The number of benzene rings is 2. The third-order valence-corrected chi connectivity index (χ3v) is 5.29. The number of hydrogen-bond acceptors (Lipinski definition) is 4. The molecule has 0 saturated heterocycles. The summed E-state index contributed by atoms with van der Waals surface area (Å²) in [4.78, 5) is 23.5. The van der Waals surface area contributed by atoms with Crippen molar-refractivity contribution >= 4 is 33.2 Å². The van der Waals surface area contributed by atoms with Crippen molar-refractivity contribution in [1.29, 1.82) is 0 Å². The topological polar surface area (TPSA) is 104 Å². The standard InChI is InChI=1S/C18H19N3O4S/c1-12(22)19-14-5-7-15(8-6-14)20-18(23)13-3-2-4-17(11-13)26(24,25)21-16-9-10-16/h2-8,11,16,21H,9-10H2,1H3,(H,19,22)(H,20,23). The van der Waals surface area contributed by atoms with Gasteiger partial charge in [0, 0.05) is 29.9 Å². The fraction of sp³-hybridized carbons (Fsp3) is 0.222. The van der Waals surface area contributed by atoms with Crippen LogP contribution in [0, 0.1) is 0 Å². The summed E-state index contributed by atoms with van der Waals surface area (Å²) in [7, 11) is -3.61. The minimum atomic E-state index is -3.61. The Morgan fingerprint density at radius 3 is 2.15 bits per heavy atom. The summed E-state index contributed by atoms with van der Waals surface area (Å²) in [6, 6.07) is 12.5. The van der Waals surface area contributed by atoms with Crippen molar-refractivity contribution in [3.05, 3.63) is 54.1 Å². The predicted molar refractivity (Wildman–Crippen MR) is 98.5 cm³/mol. The normalized spacial score (nSPS) is 13.9. The molecule has 7 nitrogen and oxygen atoms in total. The molecule has 0 heterocycles. The summed E-state index contributed by atoms with van der Waals surface area (Å²) in [5.41, 5.74) is 1.40. The Bertz CT molecular complexity index is 935. The maximum Gasteiger partial charge on any atom is 0.255 e. The molecule has 0 spiro atoms. The van der Waals surface area contributed by atoms with Gasteiger partial charge in [0.1, 0.15) is 0 Å². The number of amides is 2. The summed E-state index contributed by atoms with van der Waals surface area (Å²) in [6.07, 6.45) is 1.68. The van der Waals surface area contributed by atoms with Crippen molar-refractivity contribution < 1.29 is 18.0 Å². The zero-order chi connectivity index (χ0) is 18.7. The quantitative estimate of drug-likeness (QED) is 0.723. The lowest BCUT2D eigenvalue weighted by Crippen LogP contribution is -2.26. The molecule has 0 aliphatic heterocycles. The minimum absolute atomic E-state index is 0.000362. The van der Waals surface area contributed by atoms with Crippen LogP contribution in [0.3, 0.4) is 0 Å². The van der Waals surface area contributed by atoms with Crippen molar-refractivity contribution in [3.8, 4) is 0 Å². The van der Waals surface area contributed by atoms with Gasteiger partial charge in [-0.1, -0.05) is 6.07 Å². The van der Waals surface area contributed by atoms with Gasteiger partial charge in [-0.15, -0.1) is 0 Å². The average molecular weight is 373 g/mol. The lowest BCUT2D eigenvalue weighted by atomic mass is 10.2. The van der Waals surface area contributed by atoms with Crippen LogP contribution in [0.2, 0.25) is 0 Å². The average Bonchev–Trinajstić information content (AvgIpc) is 3.39. The van der Waals surface area contributed by atoms with E-state index in [4.69, 9.17) is 0 Å². The Morgan fingerprint density at radius 1 is 0.962 bits per heavy atom. The molecule has 8 heteroatoms. The highest BCUT2D eigenvalue weighted by Crippen LogP contribution is 2.23. The monoisotopic (exact) mass is 373 g/mol. The maximum absolute atomic E-state index is 12.4. The van der Waals surface area contributed by atoms with E-state index >= 15 is 0 Å². The lowest BCUT2D eigenvalue weighted by molar-refractivity contribution is -0.114. The van der Waals surface area contributed by atoms with Gasteiger partial charge < -0.3 is 10.6 Å². The van der Waals surface area contributed by atoms with Crippen LogP contribution in [0.1, 0.15) is 30.1 Å². The summed E-state index contributed by atoms with van der Waals surface area (Å²) >= 11 is 0. The fourth-order valence-corrected chi connectivity index (χ4v) is 3.69. The molecule has 0 radical (unpaired) electrons. The minimum Gasteiger partial charge on any atom is -0.326 e. The van der Waals surface area contributed by atoms with Crippen LogP contribution in [0.4, 0.5) is 11.4 Å². The second-order valence-electron chi connectivity index (χ2n) is 6.14. The smallest absolute Gasteiger partial charge is 0.255 e. The van der Waals surface area contributed by atoms with E-state index in [1.54, 1.807) is 30.3 Å². The van der Waals surface area contributed by atoms with Crippen LogP contribution in [-0.4, -0.2) is 26.3 Å². The molecule has 0 unspecified atom stereocenters. The Morgan fingerprint density at radius 2 is 1.58 bits per heavy atom. The van der Waals surface area contributed by atoms with Gasteiger partial charge in [0.2, 0.25) is 15.9 Å². The highest BCUT2D eigenvalue weighted by atomic mass is 32.2. The van der Waals surface area contributed by atoms with Crippen LogP contribution in [0.15, 0.2) is 53.4 Å². The number of carbonyl (C=O) groups excluding carboxylic acids is 2. The molecule has 3 N–H and O–H groups in total.